The largest absolute Gasteiger partial charge is 0.496 e. The van der Waals surface area contributed by atoms with Gasteiger partial charge in [-0.1, -0.05) is 18.0 Å². The Morgan fingerprint density at radius 3 is 2.40 bits per heavy atom. The van der Waals surface area contributed by atoms with E-state index in [9.17, 15) is 9.59 Å². The number of halogens is 1. The SMILES string of the molecule is COC(=O)c1cc(Cl)c(NC(=O)NN2[C@@H](C)CCC[C@@H]2C)cc1OC. The number of piperidine rings is 1. The van der Waals surface area contributed by atoms with E-state index in [-0.39, 0.29) is 28.4 Å². The zero-order valence-electron chi connectivity index (χ0n) is 14.9. The lowest BCUT2D eigenvalue weighted by molar-refractivity contribution is 0.0597. The first kappa shape index (κ1) is 19.3. The van der Waals surface area contributed by atoms with Gasteiger partial charge in [-0.25, -0.2) is 14.6 Å². The minimum atomic E-state index is -0.564. The number of methoxy groups -OCH3 is 2. The average Bonchev–Trinajstić information content (AvgIpc) is 2.59. The number of anilines is 1. The third-order valence-electron chi connectivity index (χ3n) is 4.37. The molecule has 0 saturated carbocycles. The van der Waals surface area contributed by atoms with Gasteiger partial charge in [0, 0.05) is 18.2 Å². The van der Waals surface area contributed by atoms with Crippen LogP contribution in [0.1, 0.15) is 43.5 Å². The van der Waals surface area contributed by atoms with Crippen molar-refractivity contribution in [3.63, 3.8) is 0 Å². The second-order valence-electron chi connectivity index (χ2n) is 6.13. The Morgan fingerprint density at radius 1 is 1.20 bits per heavy atom. The van der Waals surface area contributed by atoms with E-state index >= 15 is 0 Å². The lowest BCUT2D eigenvalue weighted by Crippen LogP contribution is -2.55. The summed E-state index contributed by atoms with van der Waals surface area (Å²) < 4.78 is 9.88. The van der Waals surface area contributed by atoms with Gasteiger partial charge < -0.3 is 14.8 Å². The number of hydrogen-bond acceptors (Lipinski definition) is 5. The Kier molecular flexibility index (Phi) is 6.50. The minimum absolute atomic E-state index is 0.194. The molecule has 1 aromatic carbocycles. The van der Waals surface area contributed by atoms with Gasteiger partial charge in [0.05, 0.1) is 24.9 Å². The van der Waals surface area contributed by atoms with E-state index in [1.165, 1.54) is 26.4 Å². The topological polar surface area (TPSA) is 79.9 Å². The lowest BCUT2D eigenvalue weighted by atomic mass is 10.00. The van der Waals surface area contributed by atoms with Gasteiger partial charge in [0.2, 0.25) is 0 Å². The van der Waals surface area contributed by atoms with Crippen molar-refractivity contribution in [2.75, 3.05) is 19.5 Å². The number of esters is 1. The van der Waals surface area contributed by atoms with Gasteiger partial charge in [0.15, 0.2) is 0 Å². The van der Waals surface area contributed by atoms with E-state index in [0.29, 0.717) is 5.69 Å². The van der Waals surface area contributed by atoms with Crippen LogP contribution in [0.2, 0.25) is 5.02 Å². The lowest BCUT2D eigenvalue weighted by Gasteiger charge is -2.38. The molecule has 2 N–H and O–H groups in total. The summed E-state index contributed by atoms with van der Waals surface area (Å²) in [6.07, 6.45) is 3.22. The van der Waals surface area contributed by atoms with Gasteiger partial charge >= 0.3 is 12.0 Å². The quantitative estimate of drug-likeness (QED) is 0.795. The normalized spacial score (nSPS) is 20.7. The molecule has 1 aliphatic rings. The van der Waals surface area contributed by atoms with Crippen LogP contribution in [-0.2, 0) is 4.74 Å². The molecular weight excluding hydrogens is 346 g/mol. The molecule has 2 rings (SSSR count). The number of ether oxygens (including phenoxy) is 2. The molecule has 1 fully saturated rings. The molecule has 1 saturated heterocycles. The summed E-state index contributed by atoms with van der Waals surface area (Å²) in [6, 6.07) is 3.04. The summed E-state index contributed by atoms with van der Waals surface area (Å²) in [5, 5.41) is 4.87. The first-order valence-corrected chi connectivity index (χ1v) is 8.57. The molecule has 0 radical (unpaired) electrons. The van der Waals surface area contributed by atoms with Crippen molar-refractivity contribution in [1.29, 1.82) is 0 Å². The average molecular weight is 370 g/mol. The number of nitrogens with zero attached hydrogens (tertiary/aromatic N) is 1. The molecule has 0 spiro atoms. The Bertz CT molecular complexity index is 643. The second kappa shape index (κ2) is 8.40. The zero-order chi connectivity index (χ0) is 18.6. The van der Waals surface area contributed by atoms with Crippen LogP contribution >= 0.6 is 11.6 Å². The Labute approximate surface area is 152 Å². The van der Waals surface area contributed by atoms with Crippen molar-refractivity contribution >= 4 is 29.3 Å². The molecule has 0 aromatic heterocycles. The summed E-state index contributed by atoms with van der Waals surface area (Å²) in [5.41, 5.74) is 3.41. The molecule has 1 aromatic rings. The first-order chi connectivity index (χ1) is 11.9. The van der Waals surface area contributed by atoms with Gasteiger partial charge in [0.1, 0.15) is 11.3 Å². The predicted molar refractivity (Wildman–Crippen MR) is 96.1 cm³/mol. The maximum atomic E-state index is 12.3. The number of hydrogen-bond donors (Lipinski definition) is 2. The summed E-state index contributed by atoms with van der Waals surface area (Å²) in [4.78, 5) is 24.1. The summed E-state index contributed by atoms with van der Waals surface area (Å²) >= 11 is 6.18. The number of nitrogens with one attached hydrogen (secondary N) is 2. The van der Waals surface area contributed by atoms with Gasteiger partial charge in [0.25, 0.3) is 0 Å². The molecule has 1 aliphatic heterocycles. The Balaban J connectivity index is 2.13. The monoisotopic (exact) mass is 369 g/mol. The fourth-order valence-corrected chi connectivity index (χ4v) is 3.21. The van der Waals surface area contributed by atoms with E-state index < -0.39 is 12.0 Å². The van der Waals surface area contributed by atoms with Crippen molar-refractivity contribution in [2.24, 2.45) is 0 Å². The van der Waals surface area contributed by atoms with Crippen LogP contribution in [0.25, 0.3) is 0 Å². The maximum absolute atomic E-state index is 12.3. The Hall–Kier alpha value is -1.99. The number of rotatable bonds is 4. The molecule has 0 aliphatic carbocycles. The smallest absolute Gasteiger partial charge is 0.341 e. The Morgan fingerprint density at radius 2 is 1.84 bits per heavy atom. The highest BCUT2D eigenvalue weighted by Gasteiger charge is 2.26. The molecule has 25 heavy (non-hydrogen) atoms. The number of carbonyl (C=O) groups is 2. The molecule has 2 atom stereocenters. The van der Waals surface area contributed by atoms with E-state index in [0.717, 1.165) is 19.3 Å². The molecule has 8 heteroatoms. The highest BCUT2D eigenvalue weighted by Crippen LogP contribution is 2.31. The van der Waals surface area contributed by atoms with Crippen LogP contribution < -0.4 is 15.5 Å². The molecule has 1 heterocycles. The second-order valence-corrected chi connectivity index (χ2v) is 6.53. The van der Waals surface area contributed by atoms with Crippen LogP contribution in [0.5, 0.6) is 5.75 Å². The molecule has 138 valence electrons. The van der Waals surface area contributed by atoms with Crippen molar-refractivity contribution in [1.82, 2.24) is 10.4 Å². The highest BCUT2D eigenvalue weighted by atomic mass is 35.5. The molecule has 0 unspecified atom stereocenters. The van der Waals surface area contributed by atoms with Gasteiger partial charge in [-0.15, -0.1) is 0 Å². The van der Waals surface area contributed by atoms with E-state index in [1.807, 2.05) is 5.01 Å². The fraction of sp³-hybridized carbons (Fsp3) is 0.529. The highest BCUT2D eigenvalue weighted by molar-refractivity contribution is 6.34. The van der Waals surface area contributed by atoms with Crippen LogP contribution in [0.15, 0.2) is 12.1 Å². The van der Waals surface area contributed by atoms with Crippen LogP contribution in [0.3, 0.4) is 0 Å². The van der Waals surface area contributed by atoms with Gasteiger partial charge in [-0.05, 0) is 32.8 Å². The number of urea groups is 1. The van der Waals surface area contributed by atoms with Crippen LogP contribution in [0, 0.1) is 0 Å². The number of benzene rings is 1. The van der Waals surface area contributed by atoms with Crippen molar-refractivity contribution in [3.05, 3.63) is 22.7 Å². The number of amides is 2. The van der Waals surface area contributed by atoms with Crippen molar-refractivity contribution < 1.29 is 19.1 Å². The molecule has 7 nitrogen and oxygen atoms in total. The third-order valence-corrected chi connectivity index (χ3v) is 4.68. The van der Waals surface area contributed by atoms with E-state index in [2.05, 4.69) is 24.6 Å². The predicted octanol–water partition coefficient (Wildman–Crippen LogP) is 3.43. The standard InChI is InChI=1S/C17H24ClN3O4/c1-10-6-5-7-11(2)21(10)20-17(23)19-14-9-15(24-3)12(8-13(14)18)16(22)25-4/h8-11H,5-7H2,1-4H3,(H2,19,20,23)/t10-,11-/m0/s1. The van der Waals surface area contributed by atoms with E-state index in [4.69, 9.17) is 21.1 Å². The molecular formula is C17H24ClN3O4. The minimum Gasteiger partial charge on any atom is -0.496 e. The fourth-order valence-electron chi connectivity index (χ4n) is 3.00. The number of carbonyl (C=O) groups excluding carboxylic acids is 2. The van der Waals surface area contributed by atoms with Crippen LogP contribution in [0.4, 0.5) is 10.5 Å². The summed E-state index contributed by atoms with van der Waals surface area (Å²) in [6.45, 7) is 4.16. The van der Waals surface area contributed by atoms with E-state index in [1.54, 1.807) is 0 Å². The molecule has 2 amide bonds. The first-order valence-electron chi connectivity index (χ1n) is 8.19. The zero-order valence-corrected chi connectivity index (χ0v) is 15.6. The maximum Gasteiger partial charge on any atom is 0.341 e. The van der Waals surface area contributed by atoms with Crippen molar-refractivity contribution in [3.8, 4) is 5.75 Å². The summed E-state index contributed by atoms with van der Waals surface area (Å²) in [7, 11) is 2.70. The van der Waals surface area contributed by atoms with Crippen molar-refractivity contribution in [2.45, 2.75) is 45.2 Å². The third kappa shape index (κ3) is 4.55. The molecule has 0 bridgehead atoms. The summed E-state index contributed by atoms with van der Waals surface area (Å²) in [5.74, 6) is -0.294. The number of hydrazine groups is 1. The van der Waals surface area contributed by atoms with Gasteiger partial charge in [-0.2, -0.15) is 0 Å². The van der Waals surface area contributed by atoms with Gasteiger partial charge in [-0.3, -0.25) is 5.43 Å². The van der Waals surface area contributed by atoms with Crippen LogP contribution in [-0.4, -0.2) is 43.3 Å².